The van der Waals surface area contributed by atoms with E-state index in [-0.39, 0.29) is 10.6 Å². The van der Waals surface area contributed by atoms with Crippen molar-refractivity contribution < 1.29 is 4.92 Å². The molecule has 1 aliphatic carbocycles. The summed E-state index contributed by atoms with van der Waals surface area (Å²) in [6.07, 6.45) is 6.22. The van der Waals surface area contributed by atoms with Crippen molar-refractivity contribution in [3.05, 3.63) is 94.2 Å². The fraction of sp³-hybridized carbons (Fsp3) is 0.148. The molecule has 5 aromatic rings. The maximum Gasteiger partial charge on any atom is 0.295 e. The summed E-state index contributed by atoms with van der Waals surface area (Å²) in [6, 6.07) is 22.7. The Morgan fingerprint density at radius 1 is 0.710 bits per heavy atom. The summed E-state index contributed by atoms with van der Waals surface area (Å²) in [5, 5.41) is 17.9. The predicted molar refractivity (Wildman–Crippen MR) is 125 cm³/mol. The molecule has 4 nitrogen and oxygen atoms in total. The summed E-state index contributed by atoms with van der Waals surface area (Å²) in [5.41, 5.74) is 4.80. The maximum atomic E-state index is 11.5. The summed E-state index contributed by atoms with van der Waals surface area (Å²) < 4.78 is 0. The lowest BCUT2D eigenvalue weighted by Gasteiger charge is -2.19. The molecule has 0 spiro atoms. The minimum atomic E-state index is -0.362. The number of rotatable bonds is 2. The van der Waals surface area contributed by atoms with Crippen molar-refractivity contribution in [3.63, 3.8) is 0 Å². The molecule has 4 heteroatoms. The molecule has 1 aliphatic rings. The third-order valence-corrected chi connectivity index (χ3v) is 6.62. The summed E-state index contributed by atoms with van der Waals surface area (Å²) in [4.78, 5) is 15.7. The van der Waals surface area contributed by atoms with Gasteiger partial charge in [0.25, 0.3) is 5.69 Å². The van der Waals surface area contributed by atoms with Gasteiger partial charge in [0.15, 0.2) is 0 Å². The monoisotopic (exact) mass is 404 g/mol. The van der Waals surface area contributed by atoms with Gasteiger partial charge < -0.3 is 0 Å². The third kappa shape index (κ3) is 2.72. The Morgan fingerprint density at radius 3 is 2.29 bits per heavy atom. The van der Waals surface area contributed by atoms with Crippen molar-refractivity contribution in [2.45, 2.75) is 25.7 Å². The molecule has 4 aromatic carbocycles. The molecule has 0 aliphatic heterocycles. The van der Waals surface area contributed by atoms with E-state index in [1.54, 1.807) is 6.07 Å². The maximum absolute atomic E-state index is 11.5. The zero-order valence-corrected chi connectivity index (χ0v) is 17.0. The van der Waals surface area contributed by atoms with Gasteiger partial charge in [0.05, 0.1) is 16.0 Å². The van der Waals surface area contributed by atoms with Crippen LogP contribution in [0.2, 0.25) is 0 Å². The van der Waals surface area contributed by atoms with Gasteiger partial charge in [-0.05, 0) is 64.4 Å². The molecular weight excluding hydrogens is 384 g/mol. The van der Waals surface area contributed by atoms with Gasteiger partial charge in [-0.25, -0.2) is 4.98 Å². The molecule has 0 N–H and O–H groups in total. The molecule has 0 unspecified atom stereocenters. The Hall–Kier alpha value is -3.79. The number of hydrogen-bond acceptors (Lipinski definition) is 3. The number of nitrogens with zero attached hydrogens (tertiary/aromatic N) is 2. The summed E-state index contributed by atoms with van der Waals surface area (Å²) in [7, 11) is 0. The Labute approximate surface area is 179 Å². The normalized spacial score (nSPS) is 13.5. The van der Waals surface area contributed by atoms with Crippen LogP contribution in [0.3, 0.4) is 0 Å². The van der Waals surface area contributed by atoms with Crippen molar-refractivity contribution >= 4 is 38.0 Å². The van der Waals surface area contributed by atoms with Gasteiger partial charge in [0.1, 0.15) is 6.20 Å². The van der Waals surface area contributed by atoms with E-state index < -0.39 is 0 Å². The van der Waals surface area contributed by atoms with Crippen LogP contribution in [-0.4, -0.2) is 9.91 Å². The summed E-state index contributed by atoms with van der Waals surface area (Å²) in [5.74, 6) is 0. The fourth-order valence-electron chi connectivity index (χ4n) is 5.17. The minimum absolute atomic E-state index is 0.0386. The van der Waals surface area contributed by atoms with Crippen molar-refractivity contribution in [1.82, 2.24) is 4.98 Å². The highest BCUT2D eigenvalue weighted by molar-refractivity contribution is 6.15. The molecule has 0 bridgehead atoms. The number of benzene rings is 4. The highest BCUT2D eigenvalue weighted by Gasteiger charge is 2.19. The van der Waals surface area contributed by atoms with Gasteiger partial charge >= 0.3 is 0 Å². The van der Waals surface area contributed by atoms with E-state index in [0.717, 1.165) is 28.5 Å². The van der Waals surface area contributed by atoms with Gasteiger partial charge in [0.2, 0.25) is 0 Å². The van der Waals surface area contributed by atoms with Gasteiger partial charge in [-0.15, -0.1) is 0 Å². The van der Waals surface area contributed by atoms with Crippen molar-refractivity contribution in [1.29, 1.82) is 0 Å². The molecule has 0 fully saturated rings. The lowest BCUT2D eigenvalue weighted by atomic mass is 9.86. The third-order valence-electron chi connectivity index (χ3n) is 6.62. The van der Waals surface area contributed by atoms with E-state index in [1.807, 2.05) is 18.2 Å². The second-order valence-electron chi connectivity index (χ2n) is 8.27. The van der Waals surface area contributed by atoms with Crippen LogP contribution < -0.4 is 0 Å². The highest BCUT2D eigenvalue weighted by Crippen LogP contribution is 2.39. The zero-order valence-electron chi connectivity index (χ0n) is 17.0. The Balaban J connectivity index is 1.66. The van der Waals surface area contributed by atoms with Crippen LogP contribution in [0.25, 0.3) is 43.6 Å². The minimum Gasteiger partial charge on any atom is -0.258 e. The molecule has 6 rings (SSSR count). The van der Waals surface area contributed by atoms with Crippen LogP contribution in [0.15, 0.2) is 72.9 Å². The fourth-order valence-corrected chi connectivity index (χ4v) is 5.17. The number of nitro groups is 1. The number of pyridine rings is 1. The summed E-state index contributed by atoms with van der Waals surface area (Å²) >= 11 is 0. The van der Waals surface area contributed by atoms with E-state index in [2.05, 4.69) is 47.4 Å². The van der Waals surface area contributed by atoms with Crippen LogP contribution in [0.4, 0.5) is 5.69 Å². The Morgan fingerprint density at radius 2 is 1.42 bits per heavy atom. The first-order valence-corrected chi connectivity index (χ1v) is 10.7. The molecule has 0 radical (unpaired) electrons. The molecule has 1 heterocycles. The molecule has 31 heavy (non-hydrogen) atoms. The molecule has 0 atom stereocenters. The quantitative estimate of drug-likeness (QED) is 0.181. The largest absolute Gasteiger partial charge is 0.295 e. The van der Waals surface area contributed by atoms with Crippen LogP contribution in [0, 0.1) is 10.1 Å². The van der Waals surface area contributed by atoms with E-state index in [4.69, 9.17) is 0 Å². The van der Waals surface area contributed by atoms with Crippen molar-refractivity contribution in [3.8, 4) is 11.3 Å². The van der Waals surface area contributed by atoms with E-state index >= 15 is 0 Å². The summed E-state index contributed by atoms with van der Waals surface area (Å²) in [6.45, 7) is 0. The van der Waals surface area contributed by atoms with E-state index in [9.17, 15) is 10.1 Å². The molecule has 1 aromatic heterocycles. The van der Waals surface area contributed by atoms with Crippen LogP contribution in [0.5, 0.6) is 0 Å². The van der Waals surface area contributed by atoms with Gasteiger partial charge in [0, 0.05) is 10.9 Å². The number of aromatic nitrogens is 1. The highest BCUT2D eigenvalue weighted by atomic mass is 16.6. The number of fused-ring (bicyclic) bond motifs is 6. The smallest absolute Gasteiger partial charge is 0.258 e. The van der Waals surface area contributed by atoms with E-state index in [0.29, 0.717) is 5.39 Å². The standard InChI is InChI=1S/C27H20N2O2/c30-29(31)26-16-28-27(25-9-4-3-8-23(25)26)24-11-5-10-19-21-13-12-17-6-1-2-7-18(17)20(21)14-15-22(19)24/h3-5,8-16H,1-2,6-7H2. The average molecular weight is 404 g/mol. The Kier molecular flexibility index (Phi) is 4.00. The van der Waals surface area contributed by atoms with Crippen LogP contribution in [0.1, 0.15) is 24.0 Å². The van der Waals surface area contributed by atoms with Crippen LogP contribution in [-0.2, 0) is 12.8 Å². The average Bonchev–Trinajstić information content (AvgIpc) is 2.82. The Bertz CT molecular complexity index is 1520. The van der Waals surface area contributed by atoms with Gasteiger partial charge in [-0.1, -0.05) is 60.7 Å². The lowest BCUT2D eigenvalue weighted by molar-refractivity contribution is -0.383. The molecule has 0 amide bonds. The van der Waals surface area contributed by atoms with Crippen LogP contribution >= 0.6 is 0 Å². The lowest BCUT2D eigenvalue weighted by Crippen LogP contribution is -2.03. The SMILES string of the molecule is O=[N+]([O-])c1cnc(-c2cccc3c2ccc2c4c(ccc23)CCCC4)c2ccccc12. The number of aryl methyl sites for hydroxylation is 2. The number of hydrogen-bond donors (Lipinski definition) is 0. The van der Waals surface area contributed by atoms with E-state index in [1.165, 1.54) is 52.7 Å². The predicted octanol–water partition coefficient (Wildman–Crippen LogP) is 7.00. The zero-order chi connectivity index (χ0) is 20.9. The molecule has 0 saturated heterocycles. The molecule has 0 saturated carbocycles. The first-order chi connectivity index (χ1) is 15.2. The second-order valence-corrected chi connectivity index (χ2v) is 8.27. The first-order valence-electron chi connectivity index (χ1n) is 10.7. The van der Waals surface area contributed by atoms with Crippen molar-refractivity contribution in [2.24, 2.45) is 0 Å². The van der Waals surface area contributed by atoms with Gasteiger partial charge in [-0.3, -0.25) is 10.1 Å². The second kappa shape index (κ2) is 6.88. The van der Waals surface area contributed by atoms with Gasteiger partial charge in [-0.2, -0.15) is 0 Å². The first kappa shape index (κ1) is 18.0. The molecular formula is C27H20N2O2. The topological polar surface area (TPSA) is 56.0 Å². The van der Waals surface area contributed by atoms with Crippen molar-refractivity contribution in [2.75, 3.05) is 0 Å². The molecule has 150 valence electrons.